The van der Waals surface area contributed by atoms with E-state index in [1.165, 1.54) is 32.5 Å². The molecule has 14 nitrogen and oxygen atoms in total. The summed E-state index contributed by atoms with van der Waals surface area (Å²) >= 11 is 2.84. The van der Waals surface area contributed by atoms with E-state index in [2.05, 4.69) is 31.2 Å². The first-order valence-electron chi connectivity index (χ1n) is 18.6. The smallest absolute Gasteiger partial charge is 0.318 e. The van der Waals surface area contributed by atoms with Crippen LogP contribution in [0.4, 0.5) is 9.59 Å². The van der Waals surface area contributed by atoms with Crippen LogP contribution < -0.4 is 21.3 Å². The molecule has 56 heavy (non-hydrogen) atoms. The van der Waals surface area contributed by atoms with Gasteiger partial charge in [0.15, 0.2) is 0 Å². The lowest BCUT2D eigenvalue weighted by molar-refractivity contribution is -0.129. The lowest BCUT2D eigenvalue weighted by Crippen LogP contribution is -2.62. The summed E-state index contributed by atoms with van der Waals surface area (Å²) in [6, 6.07) is 13.4. The molecule has 2 heterocycles. The van der Waals surface area contributed by atoms with Crippen molar-refractivity contribution in [2.24, 2.45) is 11.8 Å². The molecule has 6 amide bonds. The maximum absolute atomic E-state index is 14.0. The minimum absolute atomic E-state index is 0.134. The minimum Gasteiger partial charge on any atom is -0.388 e. The van der Waals surface area contributed by atoms with Crippen molar-refractivity contribution < 1.29 is 29.4 Å². The normalized spacial score (nSPS) is 14.5. The van der Waals surface area contributed by atoms with Crippen molar-refractivity contribution in [2.75, 3.05) is 14.1 Å². The quantitative estimate of drug-likeness (QED) is 0.0826. The van der Waals surface area contributed by atoms with Gasteiger partial charge in [-0.25, -0.2) is 19.6 Å². The molecule has 4 rings (SSSR count). The number of carbonyl (C=O) groups is 4. The Morgan fingerprint density at radius 2 is 0.964 bits per heavy atom. The third-order valence-electron chi connectivity index (χ3n) is 9.34. The predicted molar refractivity (Wildman–Crippen MR) is 218 cm³/mol. The summed E-state index contributed by atoms with van der Waals surface area (Å²) in [6.45, 7) is 7.71. The predicted octanol–water partition coefficient (Wildman–Crippen LogP) is 3.81. The van der Waals surface area contributed by atoms with Crippen LogP contribution in [-0.2, 0) is 35.5 Å². The Kier molecular flexibility index (Phi) is 16.8. The number of hydrogen-bond acceptors (Lipinski definition) is 10. The van der Waals surface area contributed by atoms with Crippen molar-refractivity contribution in [3.8, 4) is 0 Å². The van der Waals surface area contributed by atoms with Crippen LogP contribution in [-0.4, -0.2) is 104 Å². The van der Waals surface area contributed by atoms with Crippen molar-refractivity contribution >= 4 is 46.6 Å². The van der Waals surface area contributed by atoms with E-state index in [1.54, 1.807) is 52.8 Å². The van der Waals surface area contributed by atoms with Gasteiger partial charge in [0.1, 0.15) is 24.3 Å². The monoisotopic (exact) mass is 806 g/mol. The van der Waals surface area contributed by atoms with Crippen molar-refractivity contribution in [1.82, 2.24) is 41.0 Å². The lowest BCUT2D eigenvalue weighted by atomic mass is 9.90. The number of thiazole rings is 2. The SMILES string of the molecule is CC(C)[C@H](NC(=O)N(C)Cc1cscn1)C(=O)N[C@@H](Cc1ccccc1)[C@H](O)[C@@H](O)[C@H](Cc1ccccc1)NC(=O)[C@@H](NC(=O)N(C)Cc1cscn1)C(C)C. The molecule has 0 aliphatic rings. The summed E-state index contributed by atoms with van der Waals surface area (Å²) in [7, 11) is 3.22. The van der Waals surface area contributed by atoms with Crippen LogP contribution in [0.25, 0.3) is 0 Å². The summed E-state index contributed by atoms with van der Waals surface area (Å²) in [6.07, 6.45) is -2.90. The molecule has 2 aromatic heterocycles. The number of rotatable bonds is 19. The first kappa shape index (κ1) is 43.8. The number of nitrogens with one attached hydrogen (secondary N) is 4. The molecule has 0 unspecified atom stereocenters. The molecule has 4 aromatic rings. The van der Waals surface area contributed by atoms with E-state index in [0.717, 1.165) is 22.5 Å². The van der Waals surface area contributed by atoms with Crippen LogP contribution in [0.1, 0.15) is 50.2 Å². The second-order valence-electron chi connectivity index (χ2n) is 14.6. The van der Waals surface area contributed by atoms with Gasteiger partial charge in [0.05, 0.1) is 47.6 Å². The second-order valence-corrected chi connectivity index (χ2v) is 16.0. The van der Waals surface area contributed by atoms with Gasteiger partial charge in [-0.05, 0) is 35.8 Å². The van der Waals surface area contributed by atoms with Gasteiger partial charge in [-0.1, -0.05) is 88.4 Å². The number of aliphatic hydroxyl groups is 2. The molecule has 0 aliphatic carbocycles. The molecular formula is C40H54N8O6S2. The number of aliphatic hydroxyl groups excluding tert-OH is 2. The molecule has 302 valence electrons. The third kappa shape index (κ3) is 13.1. The maximum Gasteiger partial charge on any atom is 0.318 e. The Balaban J connectivity index is 1.56. The highest BCUT2D eigenvalue weighted by molar-refractivity contribution is 7.07. The Morgan fingerprint density at radius 3 is 1.27 bits per heavy atom. The van der Waals surface area contributed by atoms with Crippen LogP contribution in [0.3, 0.4) is 0 Å². The first-order valence-corrected chi connectivity index (χ1v) is 20.4. The van der Waals surface area contributed by atoms with Crippen LogP contribution in [0.2, 0.25) is 0 Å². The molecule has 0 spiro atoms. The van der Waals surface area contributed by atoms with Gasteiger partial charge in [-0.15, -0.1) is 22.7 Å². The van der Waals surface area contributed by atoms with Gasteiger partial charge in [0.2, 0.25) is 11.8 Å². The molecule has 6 atom stereocenters. The van der Waals surface area contributed by atoms with Gasteiger partial charge in [-0.3, -0.25) is 9.59 Å². The zero-order chi connectivity index (χ0) is 40.8. The average molecular weight is 807 g/mol. The summed E-state index contributed by atoms with van der Waals surface area (Å²) in [5.74, 6) is -1.76. The van der Waals surface area contributed by atoms with E-state index in [9.17, 15) is 29.4 Å². The van der Waals surface area contributed by atoms with E-state index in [-0.39, 0.29) is 37.8 Å². The lowest BCUT2D eigenvalue weighted by Gasteiger charge is -2.35. The van der Waals surface area contributed by atoms with Gasteiger partial charge in [0, 0.05) is 24.9 Å². The number of carbonyl (C=O) groups excluding carboxylic acids is 4. The largest absolute Gasteiger partial charge is 0.388 e. The molecule has 0 bridgehead atoms. The molecule has 6 N–H and O–H groups in total. The molecule has 0 fully saturated rings. The second kappa shape index (κ2) is 21.4. The molecule has 16 heteroatoms. The Labute approximate surface area is 336 Å². The third-order valence-corrected chi connectivity index (χ3v) is 10.6. The van der Waals surface area contributed by atoms with E-state index in [1.807, 2.05) is 71.4 Å². The van der Waals surface area contributed by atoms with Crippen LogP contribution in [0, 0.1) is 11.8 Å². The molecule has 0 aliphatic heterocycles. The zero-order valence-corrected chi connectivity index (χ0v) is 34.3. The van der Waals surface area contributed by atoms with Crippen molar-refractivity contribution in [1.29, 1.82) is 0 Å². The standard InChI is InChI=1S/C40H54N8O6S2/c1-25(2)33(45-39(53)47(5)19-29-21-55-23-41-29)37(51)43-31(17-27-13-9-7-10-14-27)35(49)36(50)32(18-28-15-11-8-12-16-28)44-38(52)34(26(3)4)46-40(54)48(6)20-30-22-56-24-42-30/h7-16,21-26,31-36,49-50H,17-20H2,1-6H3,(H,43,51)(H,44,52)(H,45,53)(H,46,54)/t31-,32-,33-,34-,35-,36-/m0/s1. The van der Waals surface area contributed by atoms with E-state index < -0.39 is 60.3 Å². The van der Waals surface area contributed by atoms with Crippen LogP contribution in [0.15, 0.2) is 82.4 Å². The molecule has 0 saturated heterocycles. The van der Waals surface area contributed by atoms with Crippen molar-refractivity contribution in [3.63, 3.8) is 0 Å². The Morgan fingerprint density at radius 1 is 0.607 bits per heavy atom. The van der Waals surface area contributed by atoms with E-state index >= 15 is 0 Å². The summed E-state index contributed by atoms with van der Waals surface area (Å²) in [5.41, 5.74) is 6.36. The number of aromatic nitrogens is 2. The molecule has 0 saturated carbocycles. The molecule has 0 radical (unpaired) electrons. The van der Waals surface area contributed by atoms with E-state index in [4.69, 9.17) is 0 Å². The Hall–Kier alpha value is -4.90. The number of benzene rings is 2. The molecule has 2 aromatic carbocycles. The number of amides is 6. The number of nitrogens with zero attached hydrogens (tertiary/aromatic N) is 4. The van der Waals surface area contributed by atoms with Gasteiger partial charge >= 0.3 is 12.1 Å². The minimum atomic E-state index is -1.58. The maximum atomic E-state index is 14.0. The van der Waals surface area contributed by atoms with Gasteiger partial charge in [-0.2, -0.15) is 0 Å². The van der Waals surface area contributed by atoms with Gasteiger partial charge < -0.3 is 41.3 Å². The molecular weight excluding hydrogens is 753 g/mol. The fourth-order valence-corrected chi connectivity index (χ4v) is 7.19. The summed E-state index contributed by atoms with van der Waals surface area (Å²) in [4.78, 5) is 65.7. The topological polar surface area (TPSA) is 189 Å². The van der Waals surface area contributed by atoms with Crippen LogP contribution in [0.5, 0.6) is 0 Å². The average Bonchev–Trinajstić information content (AvgIpc) is 3.90. The number of hydrogen-bond donors (Lipinski definition) is 6. The zero-order valence-electron chi connectivity index (χ0n) is 32.7. The fraction of sp³-hybridized carbons (Fsp3) is 0.450. The Bertz CT molecular complexity index is 1670. The number of urea groups is 2. The van der Waals surface area contributed by atoms with Crippen molar-refractivity contribution in [2.45, 2.75) is 90.0 Å². The highest BCUT2D eigenvalue weighted by Gasteiger charge is 2.38. The van der Waals surface area contributed by atoms with E-state index in [0.29, 0.717) is 0 Å². The fourth-order valence-electron chi connectivity index (χ4n) is 6.09. The summed E-state index contributed by atoms with van der Waals surface area (Å²) in [5, 5.41) is 39.1. The highest BCUT2D eigenvalue weighted by Crippen LogP contribution is 2.17. The van der Waals surface area contributed by atoms with Gasteiger partial charge in [0.25, 0.3) is 0 Å². The highest BCUT2D eigenvalue weighted by atomic mass is 32.1. The first-order chi connectivity index (χ1) is 26.7. The van der Waals surface area contributed by atoms with Crippen molar-refractivity contribution in [3.05, 3.63) is 105 Å². The van der Waals surface area contributed by atoms with Crippen LogP contribution >= 0.6 is 22.7 Å². The summed E-state index contributed by atoms with van der Waals surface area (Å²) < 4.78 is 0.